The first-order chi connectivity index (χ1) is 19.0. The van der Waals surface area contributed by atoms with Gasteiger partial charge in [0.2, 0.25) is 11.3 Å². The molecule has 0 bridgehead atoms. The highest BCUT2D eigenvalue weighted by molar-refractivity contribution is 6.35. The van der Waals surface area contributed by atoms with Crippen LogP contribution in [0.5, 0.6) is 11.5 Å². The number of amides is 1. The van der Waals surface area contributed by atoms with Crippen LogP contribution in [0.3, 0.4) is 0 Å². The molecule has 4 atom stereocenters. The predicted molar refractivity (Wildman–Crippen MR) is 151 cm³/mol. The lowest BCUT2D eigenvalue weighted by atomic mass is 9.82. The SMILES string of the molecule is Cc1nc2c(=O)c(N3CCN[C@H]4CC[C@@H]43)c3n(c2nc1C)[C@@H](C(=O)Nc1ccc2c(c1Cl)OC(F)(F)O2)CC3C.Cl. The lowest BCUT2D eigenvalue weighted by molar-refractivity contribution is -0.286. The van der Waals surface area contributed by atoms with Crippen LogP contribution >= 0.6 is 24.0 Å². The van der Waals surface area contributed by atoms with Gasteiger partial charge in [-0.3, -0.25) is 9.59 Å². The fraction of sp³-hybridized carbons (Fsp3) is 0.481. The van der Waals surface area contributed by atoms with Gasteiger partial charge in [-0.25, -0.2) is 9.97 Å². The molecule has 1 amide bonds. The first-order valence-corrected chi connectivity index (χ1v) is 13.7. The van der Waals surface area contributed by atoms with Crippen LogP contribution in [0.4, 0.5) is 20.2 Å². The van der Waals surface area contributed by atoms with Crippen LogP contribution in [0.25, 0.3) is 11.2 Å². The summed E-state index contributed by atoms with van der Waals surface area (Å²) in [5, 5.41) is 6.12. The molecule has 1 saturated heterocycles. The minimum atomic E-state index is -3.84. The zero-order chi connectivity index (χ0) is 28.1. The standard InChI is InChI=1S/C27H27ClF2N6O4.ClH/c1-11-10-17(26(38)34-15-5-7-18-24(19(15)28)40-27(29,30)39-18)36-21(11)22(35-9-8-31-14-4-6-16(14)35)23(37)20-25(36)33-13(3)12(2)32-20;/h5,7,11,14,16-17,31H,4,6,8-10H2,1-3H3,(H,34,38);1H/t11?,14-,16-,17+;/m0./s1. The van der Waals surface area contributed by atoms with Crippen molar-refractivity contribution in [3.63, 3.8) is 0 Å². The molecular weight excluding hydrogens is 581 g/mol. The van der Waals surface area contributed by atoms with Crippen LogP contribution in [0, 0.1) is 13.8 Å². The first kappa shape index (κ1) is 27.9. The maximum Gasteiger partial charge on any atom is 0.586 e. The van der Waals surface area contributed by atoms with Crippen LogP contribution in [0.1, 0.15) is 55.2 Å². The monoisotopic (exact) mass is 608 g/mol. The summed E-state index contributed by atoms with van der Waals surface area (Å²) < 4.78 is 38.1. The highest BCUT2D eigenvalue weighted by Crippen LogP contribution is 2.49. The summed E-state index contributed by atoms with van der Waals surface area (Å²) in [4.78, 5) is 39.5. The number of anilines is 2. The molecule has 0 spiro atoms. The second-order valence-electron chi connectivity index (χ2n) is 11.0. The molecule has 4 aliphatic rings. The molecule has 0 radical (unpaired) electrons. The molecule has 14 heteroatoms. The summed E-state index contributed by atoms with van der Waals surface area (Å²) in [6.07, 6.45) is -1.40. The summed E-state index contributed by atoms with van der Waals surface area (Å²) in [7, 11) is 0. The zero-order valence-corrected chi connectivity index (χ0v) is 24.0. The Bertz CT molecular complexity index is 1670. The summed E-state index contributed by atoms with van der Waals surface area (Å²) in [6, 6.07) is 2.44. The van der Waals surface area contributed by atoms with Gasteiger partial charge < -0.3 is 29.6 Å². The molecular formula is C27H28Cl2F2N6O4. The number of halogens is 4. The lowest BCUT2D eigenvalue weighted by Gasteiger charge is -2.50. The number of alkyl halides is 2. The Morgan fingerprint density at radius 3 is 2.68 bits per heavy atom. The topological polar surface area (TPSA) is 111 Å². The van der Waals surface area contributed by atoms with E-state index in [4.69, 9.17) is 16.6 Å². The molecule has 3 aliphatic heterocycles. The molecule has 3 aromatic rings. The molecule has 218 valence electrons. The van der Waals surface area contributed by atoms with E-state index in [0.717, 1.165) is 25.1 Å². The van der Waals surface area contributed by atoms with Crippen molar-refractivity contribution in [3.05, 3.63) is 44.5 Å². The van der Waals surface area contributed by atoms with E-state index in [1.54, 1.807) is 0 Å². The number of nitrogens with zero attached hydrogens (tertiary/aromatic N) is 4. The Kier molecular flexibility index (Phi) is 6.59. The Labute approximate surface area is 244 Å². The van der Waals surface area contributed by atoms with Crippen LogP contribution in [-0.2, 0) is 4.79 Å². The second kappa shape index (κ2) is 9.67. The molecule has 2 fully saturated rings. The number of nitrogens with one attached hydrogen (secondary N) is 2. The van der Waals surface area contributed by atoms with Gasteiger partial charge >= 0.3 is 6.29 Å². The van der Waals surface area contributed by atoms with Gasteiger partial charge in [0.05, 0.1) is 22.8 Å². The van der Waals surface area contributed by atoms with Crippen molar-refractivity contribution in [1.82, 2.24) is 19.9 Å². The van der Waals surface area contributed by atoms with E-state index in [1.165, 1.54) is 12.1 Å². The van der Waals surface area contributed by atoms with Crippen LogP contribution in [-0.4, -0.2) is 51.9 Å². The van der Waals surface area contributed by atoms with Crippen LogP contribution in [0.2, 0.25) is 5.02 Å². The number of piperazine rings is 1. The minimum Gasteiger partial charge on any atom is -0.395 e. The quantitative estimate of drug-likeness (QED) is 0.449. The van der Waals surface area contributed by atoms with E-state index >= 15 is 0 Å². The van der Waals surface area contributed by atoms with Gasteiger partial charge in [-0.1, -0.05) is 18.5 Å². The van der Waals surface area contributed by atoms with E-state index in [9.17, 15) is 18.4 Å². The summed E-state index contributed by atoms with van der Waals surface area (Å²) in [5.74, 6) is -1.11. The van der Waals surface area contributed by atoms with Crippen molar-refractivity contribution < 1.29 is 23.0 Å². The molecule has 1 aromatic carbocycles. The molecule has 1 aliphatic carbocycles. The minimum absolute atomic E-state index is 0. The average Bonchev–Trinajstić information content (AvgIpc) is 3.39. The number of aromatic nitrogens is 3. The number of benzene rings is 1. The maximum absolute atomic E-state index is 14.1. The number of aryl methyl sites for hydroxylation is 2. The van der Waals surface area contributed by atoms with E-state index in [1.807, 2.05) is 25.3 Å². The number of pyridine rings is 1. The van der Waals surface area contributed by atoms with E-state index in [-0.39, 0.29) is 57.5 Å². The molecule has 41 heavy (non-hydrogen) atoms. The molecule has 2 aromatic heterocycles. The molecule has 10 nitrogen and oxygen atoms in total. The fourth-order valence-corrected chi connectivity index (χ4v) is 6.65. The van der Waals surface area contributed by atoms with Crippen molar-refractivity contribution in [2.45, 2.75) is 70.4 Å². The summed E-state index contributed by atoms with van der Waals surface area (Å²) in [5.41, 5.74) is 3.18. The third-order valence-electron chi connectivity index (χ3n) is 8.56. The average molecular weight is 609 g/mol. The summed E-state index contributed by atoms with van der Waals surface area (Å²) >= 11 is 6.34. The van der Waals surface area contributed by atoms with Crippen LogP contribution < -0.4 is 30.4 Å². The van der Waals surface area contributed by atoms with Gasteiger partial charge in [0, 0.05) is 31.1 Å². The Morgan fingerprint density at radius 1 is 1.20 bits per heavy atom. The van der Waals surface area contributed by atoms with Crippen molar-refractivity contribution in [2.75, 3.05) is 23.3 Å². The van der Waals surface area contributed by atoms with Gasteiger partial charge in [0.25, 0.3) is 0 Å². The number of rotatable bonds is 3. The van der Waals surface area contributed by atoms with E-state index in [0.29, 0.717) is 41.7 Å². The first-order valence-electron chi connectivity index (χ1n) is 13.4. The van der Waals surface area contributed by atoms with Crippen molar-refractivity contribution in [1.29, 1.82) is 0 Å². The highest BCUT2D eigenvalue weighted by Gasteiger charge is 2.46. The number of hydrogen-bond acceptors (Lipinski definition) is 8. The van der Waals surface area contributed by atoms with Gasteiger partial charge in [-0.05, 0) is 45.2 Å². The third-order valence-corrected chi connectivity index (χ3v) is 8.94. The van der Waals surface area contributed by atoms with E-state index < -0.39 is 18.2 Å². The number of carbonyl (C=O) groups excluding carboxylic acids is 1. The largest absolute Gasteiger partial charge is 0.586 e. The van der Waals surface area contributed by atoms with Gasteiger partial charge in [-0.2, -0.15) is 0 Å². The van der Waals surface area contributed by atoms with Gasteiger partial charge in [-0.15, -0.1) is 21.2 Å². The van der Waals surface area contributed by atoms with Crippen molar-refractivity contribution in [3.8, 4) is 11.5 Å². The molecule has 1 saturated carbocycles. The zero-order valence-electron chi connectivity index (χ0n) is 22.5. The van der Waals surface area contributed by atoms with Crippen molar-refractivity contribution in [2.24, 2.45) is 0 Å². The number of ether oxygens (including phenoxy) is 2. The second-order valence-corrected chi connectivity index (χ2v) is 11.3. The fourth-order valence-electron chi connectivity index (χ4n) is 6.41. The van der Waals surface area contributed by atoms with Crippen molar-refractivity contribution >= 4 is 52.5 Å². The normalized spacial score (nSPS) is 25.3. The molecule has 1 unspecified atom stereocenters. The molecule has 2 N–H and O–H groups in total. The Hall–Kier alpha value is -3.22. The highest BCUT2D eigenvalue weighted by atomic mass is 35.5. The molecule has 5 heterocycles. The van der Waals surface area contributed by atoms with Gasteiger partial charge in [0.1, 0.15) is 16.8 Å². The van der Waals surface area contributed by atoms with Crippen LogP contribution in [0.15, 0.2) is 16.9 Å². The number of fused-ring (bicyclic) bond motifs is 5. The lowest BCUT2D eigenvalue weighted by Crippen LogP contribution is -2.64. The predicted octanol–water partition coefficient (Wildman–Crippen LogP) is 4.43. The summed E-state index contributed by atoms with van der Waals surface area (Å²) in [6.45, 7) is 7.06. The van der Waals surface area contributed by atoms with E-state index in [2.05, 4.69) is 30.0 Å². The number of hydrogen-bond donors (Lipinski definition) is 2. The maximum atomic E-state index is 14.1. The molecule has 7 rings (SSSR count). The Balaban J connectivity index is 0.00000302. The third kappa shape index (κ3) is 4.21. The smallest absolute Gasteiger partial charge is 0.395 e. The number of carbonyl (C=O) groups is 1. The van der Waals surface area contributed by atoms with Gasteiger partial charge in [0.15, 0.2) is 22.7 Å². The Morgan fingerprint density at radius 2 is 1.95 bits per heavy atom.